The zero-order valence-electron chi connectivity index (χ0n) is 17.4. The number of alkyl halides is 1. The largest absolute Gasteiger partial charge is 0.335 e. The van der Waals surface area contributed by atoms with Crippen LogP contribution in [0.2, 0.25) is 0 Å². The highest BCUT2D eigenvalue weighted by molar-refractivity contribution is 7.92. The minimum atomic E-state index is -4.16. The normalized spacial score (nSPS) is 27.8. The molecule has 2 heterocycles. The number of carbonyl (C=O) groups is 1. The number of benzene rings is 1. The van der Waals surface area contributed by atoms with Gasteiger partial charge in [-0.05, 0) is 56.0 Å². The van der Waals surface area contributed by atoms with E-state index in [-0.39, 0.29) is 18.0 Å². The smallest absolute Gasteiger partial charge is 0.254 e. The zero-order chi connectivity index (χ0) is 21.4. The van der Waals surface area contributed by atoms with Gasteiger partial charge >= 0.3 is 0 Å². The second kappa shape index (κ2) is 8.27. The number of carbonyl (C=O) groups excluding carboxylic acids is 1. The third-order valence-electron chi connectivity index (χ3n) is 6.54. The molecule has 0 saturated carbocycles. The molecule has 1 unspecified atom stereocenters. The summed E-state index contributed by atoms with van der Waals surface area (Å²) in [6, 6.07) is 9.16. The number of allylic oxidation sites excluding steroid dienone is 3. The van der Waals surface area contributed by atoms with Gasteiger partial charge in [0.15, 0.2) is 9.84 Å². The summed E-state index contributed by atoms with van der Waals surface area (Å²) in [6.07, 6.45) is 7.68. The van der Waals surface area contributed by atoms with Crippen LogP contribution in [-0.4, -0.2) is 67.6 Å². The molecule has 2 atom stereocenters. The van der Waals surface area contributed by atoms with Gasteiger partial charge in [0.1, 0.15) is 0 Å². The second-order valence-electron chi connectivity index (χ2n) is 8.62. The predicted molar refractivity (Wildman–Crippen MR) is 116 cm³/mol. The first-order valence-electron chi connectivity index (χ1n) is 10.7. The van der Waals surface area contributed by atoms with Crippen molar-refractivity contribution in [1.29, 1.82) is 0 Å². The van der Waals surface area contributed by atoms with Crippen molar-refractivity contribution in [3.8, 4) is 0 Å². The Hall–Kier alpha value is -1.99. The highest BCUT2D eigenvalue weighted by atomic mass is 32.2. The maximum Gasteiger partial charge on any atom is 0.254 e. The zero-order valence-corrected chi connectivity index (χ0v) is 18.2. The average Bonchev–Trinajstić information content (AvgIpc) is 3.40. The van der Waals surface area contributed by atoms with E-state index in [2.05, 4.69) is 4.90 Å². The molecular formula is C23H29FN2O3S. The van der Waals surface area contributed by atoms with Gasteiger partial charge in [-0.25, -0.2) is 12.8 Å². The highest BCUT2D eigenvalue weighted by Crippen LogP contribution is 2.42. The Morgan fingerprint density at radius 3 is 2.47 bits per heavy atom. The number of hydrogen-bond acceptors (Lipinski definition) is 4. The van der Waals surface area contributed by atoms with Gasteiger partial charge in [-0.1, -0.05) is 36.4 Å². The number of hydrogen-bond donors (Lipinski definition) is 0. The predicted octanol–water partition coefficient (Wildman–Crippen LogP) is 3.20. The van der Waals surface area contributed by atoms with E-state index in [9.17, 15) is 13.2 Å². The number of amides is 1. The summed E-state index contributed by atoms with van der Waals surface area (Å²) in [6.45, 7) is 3.38. The Labute approximate surface area is 178 Å². The van der Waals surface area contributed by atoms with Gasteiger partial charge in [-0.2, -0.15) is 0 Å². The van der Waals surface area contributed by atoms with Gasteiger partial charge < -0.3 is 9.80 Å². The van der Waals surface area contributed by atoms with Crippen molar-refractivity contribution >= 4 is 21.3 Å². The lowest BCUT2D eigenvalue weighted by Gasteiger charge is -2.34. The van der Waals surface area contributed by atoms with Crippen molar-refractivity contribution in [3.05, 3.63) is 53.6 Å². The molecule has 1 aliphatic carbocycles. The minimum Gasteiger partial charge on any atom is -0.335 e. The summed E-state index contributed by atoms with van der Waals surface area (Å²) in [5.74, 6) is -0.479. The summed E-state index contributed by atoms with van der Waals surface area (Å²) in [4.78, 5) is 17.4. The molecule has 0 spiro atoms. The molecule has 0 N–H and O–H groups in total. The topological polar surface area (TPSA) is 57.7 Å². The van der Waals surface area contributed by atoms with Crippen LogP contribution in [0.4, 0.5) is 4.39 Å². The van der Waals surface area contributed by atoms with E-state index in [1.807, 2.05) is 30.3 Å². The third kappa shape index (κ3) is 3.97. The summed E-state index contributed by atoms with van der Waals surface area (Å²) < 4.78 is 41.3. The van der Waals surface area contributed by atoms with E-state index in [4.69, 9.17) is 0 Å². The van der Waals surface area contributed by atoms with Gasteiger partial charge in [-0.3, -0.25) is 4.79 Å². The molecule has 2 saturated heterocycles. The fraction of sp³-hybridized carbons (Fsp3) is 0.522. The van der Waals surface area contributed by atoms with E-state index in [1.165, 1.54) is 18.9 Å². The molecule has 4 rings (SSSR count). The molecule has 0 radical (unpaired) electrons. The van der Waals surface area contributed by atoms with Crippen LogP contribution in [0.1, 0.15) is 37.7 Å². The lowest BCUT2D eigenvalue weighted by atomic mass is 9.90. The molecule has 2 fully saturated rings. The fourth-order valence-corrected chi connectivity index (χ4v) is 5.80. The average molecular weight is 433 g/mol. The van der Waals surface area contributed by atoms with Crippen LogP contribution < -0.4 is 0 Å². The molecule has 1 amide bonds. The van der Waals surface area contributed by atoms with Crippen LogP contribution in [0.5, 0.6) is 0 Å². The molecule has 30 heavy (non-hydrogen) atoms. The minimum absolute atomic E-state index is 0.0137. The van der Waals surface area contributed by atoms with Crippen molar-refractivity contribution in [1.82, 2.24) is 9.80 Å². The first-order valence-corrected chi connectivity index (χ1v) is 12.6. The van der Waals surface area contributed by atoms with Crippen LogP contribution in [0.15, 0.2) is 48.1 Å². The Kier molecular flexibility index (Phi) is 5.86. The standard InChI is InChI=1S/C23H29FN2O3S/c1-30(28,29)23(24)16-19(18-8-3-2-4-9-18)11-12-21(23)22(27)26-15-7-10-20(26)17-25-13-5-6-14-25/h2-4,8-9,11-12,20H,5-7,10,13-17H2,1H3/t20-,23?/m0/s1. The number of likely N-dealkylation sites (tertiary alicyclic amines) is 2. The van der Waals surface area contributed by atoms with E-state index >= 15 is 4.39 Å². The van der Waals surface area contributed by atoms with Crippen LogP contribution in [0.25, 0.3) is 5.57 Å². The maximum absolute atomic E-state index is 16.2. The van der Waals surface area contributed by atoms with Crippen molar-refractivity contribution in [2.75, 3.05) is 32.4 Å². The van der Waals surface area contributed by atoms with Crippen LogP contribution in [0, 0.1) is 0 Å². The molecule has 162 valence electrons. The lowest BCUT2D eigenvalue weighted by molar-refractivity contribution is -0.129. The summed E-state index contributed by atoms with van der Waals surface area (Å²) >= 11 is 0. The molecule has 1 aromatic rings. The first-order chi connectivity index (χ1) is 14.3. The lowest BCUT2D eigenvalue weighted by Crippen LogP contribution is -2.48. The Balaban J connectivity index is 1.64. The Morgan fingerprint density at radius 2 is 1.80 bits per heavy atom. The van der Waals surface area contributed by atoms with Crippen molar-refractivity contribution in [3.63, 3.8) is 0 Å². The van der Waals surface area contributed by atoms with E-state index in [0.29, 0.717) is 12.1 Å². The van der Waals surface area contributed by atoms with Crippen molar-refractivity contribution in [2.45, 2.75) is 43.1 Å². The second-order valence-corrected chi connectivity index (χ2v) is 10.8. The highest BCUT2D eigenvalue weighted by Gasteiger charge is 2.51. The van der Waals surface area contributed by atoms with Crippen molar-refractivity contribution in [2.24, 2.45) is 0 Å². The van der Waals surface area contributed by atoms with Crippen molar-refractivity contribution < 1.29 is 17.6 Å². The van der Waals surface area contributed by atoms with Gasteiger partial charge in [0.2, 0.25) is 5.00 Å². The Morgan fingerprint density at radius 1 is 1.10 bits per heavy atom. The summed E-state index contributed by atoms with van der Waals surface area (Å²) in [7, 11) is -4.16. The van der Waals surface area contributed by atoms with Gasteiger partial charge in [0, 0.05) is 31.8 Å². The first kappa shape index (κ1) is 21.2. The van der Waals surface area contributed by atoms with Crippen LogP contribution in [-0.2, 0) is 14.6 Å². The van der Waals surface area contributed by atoms with E-state index in [0.717, 1.165) is 44.3 Å². The van der Waals surface area contributed by atoms with E-state index in [1.54, 1.807) is 11.0 Å². The summed E-state index contributed by atoms with van der Waals surface area (Å²) in [5, 5.41) is -2.72. The molecule has 0 bridgehead atoms. The monoisotopic (exact) mass is 432 g/mol. The van der Waals surface area contributed by atoms with Crippen LogP contribution >= 0.6 is 0 Å². The van der Waals surface area contributed by atoms with Gasteiger partial charge in [-0.15, -0.1) is 0 Å². The van der Waals surface area contributed by atoms with Crippen LogP contribution in [0.3, 0.4) is 0 Å². The number of rotatable bonds is 5. The number of halogens is 1. The number of sulfone groups is 1. The molecule has 7 heteroatoms. The third-order valence-corrected chi connectivity index (χ3v) is 8.08. The van der Waals surface area contributed by atoms with E-state index < -0.39 is 20.7 Å². The SMILES string of the molecule is CS(=O)(=O)C1(F)CC(c2ccccc2)=CC=C1C(=O)N1CCC[C@H]1CN1CCCC1. The number of nitrogens with zero attached hydrogens (tertiary/aromatic N) is 2. The fourth-order valence-electron chi connectivity index (χ4n) is 4.83. The Bertz CT molecular complexity index is 967. The van der Waals surface area contributed by atoms with Gasteiger partial charge in [0.25, 0.3) is 5.91 Å². The quantitative estimate of drug-likeness (QED) is 0.717. The molecule has 3 aliphatic rings. The molecular weight excluding hydrogens is 403 g/mol. The molecule has 0 aromatic heterocycles. The van der Waals surface area contributed by atoms with Gasteiger partial charge in [0.05, 0.1) is 5.57 Å². The molecule has 5 nitrogen and oxygen atoms in total. The summed E-state index contributed by atoms with van der Waals surface area (Å²) in [5.41, 5.74) is 1.09. The molecule has 2 aliphatic heterocycles. The molecule has 1 aromatic carbocycles. The maximum atomic E-state index is 16.2.